The first-order valence-electron chi connectivity index (χ1n) is 6.50. The summed E-state index contributed by atoms with van der Waals surface area (Å²) in [5, 5.41) is 15.0. The minimum absolute atomic E-state index is 0.609. The summed E-state index contributed by atoms with van der Waals surface area (Å²) in [7, 11) is 0. The average molecular weight is 222 g/mol. The van der Waals surface area contributed by atoms with Crippen LogP contribution in [0.3, 0.4) is 0 Å². The number of aliphatic hydroxyl groups is 1. The molecule has 0 spiro atoms. The number of aryl methyl sites for hydroxylation is 1. The van der Waals surface area contributed by atoms with E-state index in [4.69, 9.17) is 0 Å². The second-order valence-electron chi connectivity index (χ2n) is 4.94. The molecule has 1 aromatic rings. The summed E-state index contributed by atoms with van der Waals surface area (Å²) in [6.07, 6.45) is 11.5. The van der Waals surface area contributed by atoms with Crippen LogP contribution in [0.5, 0.6) is 0 Å². The molecular weight excluding hydrogens is 200 g/mol. The van der Waals surface area contributed by atoms with Gasteiger partial charge in [-0.3, -0.25) is 4.68 Å². The van der Waals surface area contributed by atoms with Crippen molar-refractivity contribution < 1.29 is 5.11 Å². The van der Waals surface area contributed by atoms with Crippen LogP contribution in [-0.4, -0.2) is 14.9 Å². The lowest BCUT2D eigenvalue weighted by Gasteiger charge is -2.25. The van der Waals surface area contributed by atoms with Gasteiger partial charge in [-0.05, 0) is 19.3 Å². The van der Waals surface area contributed by atoms with Gasteiger partial charge in [0.2, 0.25) is 0 Å². The van der Waals surface area contributed by atoms with Crippen molar-refractivity contribution in [1.82, 2.24) is 9.78 Å². The zero-order valence-corrected chi connectivity index (χ0v) is 10.2. The lowest BCUT2D eigenvalue weighted by atomic mass is 9.89. The van der Waals surface area contributed by atoms with Gasteiger partial charge in [-0.15, -0.1) is 0 Å². The molecule has 90 valence electrons. The smallest absolute Gasteiger partial charge is 0.0926 e. The van der Waals surface area contributed by atoms with Crippen LogP contribution in [-0.2, 0) is 12.1 Å². The second-order valence-corrected chi connectivity index (χ2v) is 4.94. The van der Waals surface area contributed by atoms with Crippen LogP contribution < -0.4 is 0 Å². The fraction of sp³-hybridized carbons (Fsp3) is 0.769. The molecule has 0 aromatic carbocycles. The normalized spacial score (nSPS) is 20.6. The molecule has 0 saturated heterocycles. The molecule has 1 aliphatic rings. The largest absolute Gasteiger partial charge is 0.385 e. The van der Waals surface area contributed by atoms with Gasteiger partial charge in [-0.2, -0.15) is 5.10 Å². The zero-order chi connectivity index (χ0) is 11.4. The molecule has 1 N–H and O–H groups in total. The van der Waals surface area contributed by atoms with Crippen molar-refractivity contribution >= 4 is 0 Å². The van der Waals surface area contributed by atoms with Crippen LogP contribution in [0.2, 0.25) is 0 Å². The fourth-order valence-electron chi connectivity index (χ4n) is 2.56. The lowest BCUT2D eigenvalue weighted by Crippen LogP contribution is -2.24. The van der Waals surface area contributed by atoms with Gasteiger partial charge in [-0.25, -0.2) is 0 Å². The summed E-state index contributed by atoms with van der Waals surface area (Å²) in [6, 6.07) is 0. The summed E-state index contributed by atoms with van der Waals surface area (Å²) in [6.45, 7) is 3.08. The van der Waals surface area contributed by atoms with Gasteiger partial charge < -0.3 is 5.11 Å². The summed E-state index contributed by atoms with van der Waals surface area (Å²) >= 11 is 0. The molecule has 0 aliphatic heterocycles. The van der Waals surface area contributed by atoms with Crippen molar-refractivity contribution in [3.8, 4) is 0 Å². The third-order valence-electron chi connectivity index (χ3n) is 3.55. The SMILES string of the molecule is CCCn1cc(C2(O)CCCCCC2)cn1. The Bertz CT molecular complexity index is 324. The van der Waals surface area contributed by atoms with Gasteiger partial charge in [0.05, 0.1) is 11.8 Å². The van der Waals surface area contributed by atoms with Crippen molar-refractivity contribution in [2.45, 2.75) is 64.0 Å². The highest BCUT2D eigenvalue weighted by atomic mass is 16.3. The first-order valence-corrected chi connectivity index (χ1v) is 6.50. The quantitative estimate of drug-likeness (QED) is 0.799. The summed E-state index contributed by atoms with van der Waals surface area (Å²) in [4.78, 5) is 0. The van der Waals surface area contributed by atoms with Gasteiger partial charge in [0, 0.05) is 18.3 Å². The Morgan fingerprint density at radius 1 is 1.31 bits per heavy atom. The molecule has 1 saturated carbocycles. The molecule has 3 nitrogen and oxygen atoms in total. The third-order valence-corrected chi connectivity index (χ3v) is 3.55. The van der Waals surface area contributed by atoms with Crippen LogP contribution in [0, 0.1) is 0 Å². The molecule has 16 heavy (non-hydrogen) atoms. The van der Waals surface area contributed by atoms with Gasteiger partial charge in [0.1, 0.15) is 0 Å². The van der Waals surface area contributed by atoms with E-state index >= 15 is 0 Å². The van der Waals surface area contributed by atoms with Crippen molar-refractivity contribution in [3.63, 3.8) is 0 Å². The summed E-state index contributed by atoms with van der Waals surface area (Å²) in [5.74, 6) is 0. The van der Waals surface area contributed by atoms with Crippen LogP contribution in [0.25, 0.3) is 0 Å². The number of aromatic nitrogens is 2. The first-order chi connectivity index (χ1) is 7.74. The van der Waals surface area contributed by atoms with E-state index < -0.39 is 5.60 Å². The highest BCUT2D eigenvalue weighted by molar-refractivity contribution is 5.15. The molecule has 0 atom stereocenters. The minimum atomic E-state index is -0.609. The van der Waals surface area contributed by atoms with Gasteiger partial charge in [0.25, 0.3) is 0 Å². The molecule has 1 aliphatic carbocycles. The van der Waals surface area contributed by atoms with Crippen LogP contribution >= 0.6 is 0 Å². The predicted molar refractivity (Wildman–Crippen MR) is 64.1 cm³/mol. The average Bonchev–Trinajstić information content (AvgIpc) is 2.63. The van der Waals surface area contributed by atoms with E-state index in [0.29, 0.717) is 0 Å². The molecule has 1 heterocycles. The fourth-order valence-corrected chi connectivity index (χ4v) is 2.56. The number of hydrogen-bond acceptors (Lipinski definition) is 2. The van der Waals surface area contributed by atoms with Crippen molar-refractivity contribution in [1.29, 1.82) is 0 Å². The molecule has 0 unspecified atom stereocenters. The highest BCUT2D eigenvalue weighted by Crippen LogP contribution is 2.35. The molecule has 1 fully saturated rings. The molecule has 1 aromatic heterocycles. The van der Waals surface area contributed by atoms with Crippen molar-refractivity contribution in [2.75, 3.05) is 0 Å². The molecule has 0 amide bonds. The standard InChI is InChI=1S/C13H22N2O/c1-2-9-15-11-12(10-14-15)13(16)7-5-3-4-6-8-13/h10-11,16H,2-9H2,1H3. The van der Waals surface area contributed by atoms with Crippen molar-refractivity contribution in [2.24, 2.45) is 0 Å². The predicted octanol–water partition coefficient (Wildman–Crippen LogP) is 2.83. The van der Waals surface area contributed by atoms with Crippen molar-refractivity contribution in [3.05, 3.63) is 18.0 Å². The van der Waals surface area contributed by atoms with Gasteiger partial charge >= 0.3 is 0 Å². The maximum absolute atomic E-state index is 10.7. The molecule has 2 rings (SSSR count). The number of rotatable bonds is 3. The first kappa shape index (κ1) is 11.6. The van der Waals surface area contributed by atoms with E-state index in [1.54, 1.807) is 0 Å². The minimum Gasteiger partial charge on any atom is -0.385 e. The second kappa shape index (κ2) is 5.00. The zero-order valence-electron chi connectivity index (χ0n) is 10.2. The van der Waals surface area contributed by atoms with E-state index in [9.17, 15) is 5.11 Å². The van der Waals surface area contributed by atoms with Crippen LogP contribution in [0.4, 0.5) is 0 Å². The van der Waals surface area contributed by atoms with E-state index in [2.05, 4.69) is 12.0 Å². The molecule has 3 heteroatoms. The number of nitrogens with zero attached hydrogens (tertiary/aromatic N) is 2. The number of hydrogen-bond donors (Lipinski definition) is 1. The lowest BCUT2D eigenvalue weighted by molar-refractivity contribution is 0.0206. The Kier molecular flexibility index (Phi) is 3.64. The molecule has 0 radical (unpaired) electrons. The Hall–Kier alpha value is -0.830. The van der Waals surface area contributed by atoms with Crippen LogP contribution in [0.15, 0.2) is 12.4 Å². The third kappa shape index (κ3) is 2.46. The molecule has 0 bridgehead atoms. The highest BCUT2D eigenvalue weighted by Gasteiger charge is 2.31. The van der Waals surface area contributed by atoms with E-state index in [1.807, 2.05) is 17.1 Å². The van der Waals surface area contributed by atoms with E-state index in [-0.39, 0.29) is 0 Å². The van der Waals surface area contributed by atoms with E-state index in [1.165, 1.54) is 12.8 Å². The topological polar surface area (TPSA) is 38.0 Å². The summed E-state index contributed by atoms with van der Waals surface area (Å²) < 4.78 is 1.94. The monoisotopic (exact) mass is 222 g/mol. The Morgan fingerprint density at radius 3 is 2.62 bits per heavy atom. The molecular formula is C13H22N2O. The Balaban J connectivity index is 2.13. The maximum Gasteiger partial charge on any atom is 0.0926 e. The van der Waals surface area contributed by atoms with Crippen LogP contribution in [0.1, 0.15) is 57.4 Å². The summed E-state index contributed by atoms with van der Waals surface area (Å²) in [5.41, 5.74) is 0.408. The van der Waals surface area contributed by atoms with E-state index in [0.717, 1.165) is 44.2 Å². The van der Waals surface area contributed by atoms with Gasteiger partial charge in [-0.1, -0.05) is 32.6 Å². The maximum atomic E-state index is 10.7. The Morgan fingerprint density at radius 2 is 2.00 bits per heavy atom. The van der Waals surface area contributed by atoms with Gasteiger partial charge in [0.15, 0.2) is 0 Å². The Labute approximate surface area is 97.5 Å².